The average Bonchev–Trinajstić information content (AvgIpc) is 2.58. The zero-order valence-electron chi connectivity index (χ0n) is 13.3. The number of aryl methyl sites for hydroxylation is 1. The third-order valence-corrected chi connectivity index (χ3v) is 3.64. The highest BCUT2D eigenvalue weighted by molar-refractivity contribution is 6.33. The zero-order chi connectivity index (χ0) is 17.8. The molecule has 2 N–H and O–H groups in total. The Labute approximate surface area is 148 Å². The van der Waals surface area contributed by atoms with Crippen LogP contribution in [-0.2, 0) is 0 Å². The van der Waals surface area contributed by atoms with Crippen molar-refractivity contribution in [2.45, 2.75) is 6.92 Å². The normalized spacial score (nSPS) is 10.4. The molecule has 5 nitrogen and oxygen atoms in total. The molecule has 0 unspecified atom stereocenters. The van der Waals surface area contributed by atoms with Gasteiger partial charge in [0, 0.05) is 11.4 Å². The quantitative estimate of drug-likeness (QED) is 0.718. The maximum atomic E-state index is 12.9. The summed E-state index contributed by atoms with van der Waals surface area (Å²) in [6.45, 7) is 1.76. The molecule has 1 amide bonds. The highest BCUT2D eigenvalue weighted by atomic mass is 35.5. The van der Waals surface area contributed by atoms with E-state index in [0.717, 1.165) is 0 Å². The second kappa shape index (κ2) is 7.27. The van der Waals surface area contributed by atoms with E-state index >= 15 is 0 Å². The summed E-state index contributed by atoms with van der Waals surface area (Å²) in [5.41, 5.74) is 1.92. The van der Waals surface area contributed by atoms with Crippen LogP contribution in [0.4, 0.5) is 21.7 Å². The first kappa shape index (κ1) is 16.9. The molecule has 25 heavy (non-hydrogen) atoms. The fourth-order valence-electron chi connectivity index (χ4n) is 2.15. The van der Waals surface area contributed by atoms with Gasteiger partial charge < -0.3 is 10.6 Å². The molecule has 0 atom stereocenters. The molecular formula is C18H14ClFN4O. The van der Waals surface area contributed by atoms with Crippen LogP contribution in [0.15, 0.2) is 54.6 Å². The van der Waals surface area contributed by atoms with Crippen molar-refractivity contribution in [2.24, 2.45) is 0 Å². The summed E-state index contributed by atoms with van der Waals surface area (Å²) in [5.74, 6) is -0.529. The minimum absolute atomic E-state index is 0.186. The van der Waals surface area contributed by atoms with Gasteiger partial charge in [-0.1, -0.05) is 23.7 Å². The first-order chi connectivity index (χ1) is 12.0. The van der Waals surface area contributed by atoms with Gasteiger partial charge in [-0.15, -0.1) is 0 Å². The van der Waals surface area contributed by atoms with Crippen molar-refractivity contribution in [3.8, 4) is 0 Å². The molecule has 2 aromatic carbocycles. The molecule has 0 aliphatic heterocycles. The number of amides is 1. The average molecular weight is 357 g/mol. The van der Waals surface area contributed by atoms with E-state index in [2.05, 4.69) is 20.6 Å². The number of nitrogens with one attached hydrogen (secondary N) is 2. The molecular weight excluding hydrogens is 343 g/mol. The second-order valence-corrected chi connectivity index (χ2v) is 5.69. The van der Waals surface area contributed by atoms with E-state index in [1.54, 1.807) is 25.1 Å². The summed E-state index contributed by atoms with van der Waals surface area (Å²) >= 11 is 6.11. The van der Waals surface area contributed by atoms with Crippen molar-refractivity contribution in [1.29, 1.82) is 0 Å². The van der Waals surface area contributed by atoms with E-state index in [1.165, 1.54) is 24.3 Å². The predicted octanol–water partition coefficient (Wildman–Crippen LogP) is 4.57. The van der Waals surface area contributed by atoms with Crippen molar-refractivity contribution in [1.82, 2.24) is 9.97 Å². The number of para-hydroxylation sites is 1. The standard InChI is InChI=1S/C18H14ClFN4O/c1-11-10-16(17(25)22-13-8-6-12(20)7-9-13)24-18(21-11)23-15-5-3-2-4-14(15)19/h2-10H,1H3,(H,22,25)(H,21,23,24). The third kappa shape index (κ3) is 4.30. The van der Waals surface area contributed by atoms with Gasteiger partial charge in [0.25, 0.3) is 5.91 Å². The van der Waals surface area contributed by atoms with E-state index in [1.807, 2.05) is 12.1 Å². The number of hydrogen-bond acceptors (Lipinski definition) is 4. The summed E-state index contributed by atoms with van der Waals surface area (Å²) in [6.07, 6.45) is 0. The van der Waals surface area contributed by atoms with Gasteiger partial charge in [-0.05, 0) is 49.4 Å². The van der Waals surface area contributed by atoms with E-state index < -0.39 is 5.91 Å². The lowest BCUT2D eigenvalue weighted by Gasteiger charge is -2.10. The van der Waals surface area contributed by atoms with Crippen LogP contribution < -0.4 is 10.6 Å². The van der Waals surface area contributed by atoms with Crippen LogP contribution in [0.5, 0.6) is 0 Å². The van der Waals surface area contributed by atoms with Crippen LogP contribution in [0, 0.1) is 12.7 Å². The monoisotopic (exact) mass is 356 g/mol. The molecule has 0 bridgehead atoms. The number of nitrogens with zero attached hydrogens (tertiary/aromatic N) is 2. The fourth-order valence-corrected chi connectivity index (χ4v) is 2.34. The summed E-state index contributed by atoms with van der Waals surface area (Å²) in [7, 11) is 0. The van der Waals surface area contributed by atoms with Crippen LogP contribution in [-0.4, -0.2) is 15.9 Å². The Balaban J connectivity index is 1.82. The number of carbonyl (C=O) groups is 1. The molecule has 3 rings (SSSR count). The van der Waals surface area contributed by atoms with E-state index in [-0.39, 0.29) is 17.5 Å². The van der Waals surface area contributed by atoms with Crippen molar-refractivity contribution in [2.75, 3.05) is 10.6 Å². The summed E-state index contributed by atoms with van der Waals surface area (Å²) < 4.78 is 12.9. The van der Waals surface area contributed by atoms with Crippen LogP contribution in [0.2, 0.25) is 5.02 Å². The lowest BCUT2D eigenvalue weighted by molar-refractivity contribution is 0.102. The van der Waals surface area contributed by atoms with Gasteiger partial charge in [0.15, 0.2) is 0 Å². The van der Waals surface area contributed by atoms with Gasteiger partial charge in [0.2, 0.25) is 5.95 Å². The summed E-state index contributed by atoms with van der Waals surface area (Å²) in [4.78, 5) is 20.9. The van der Waals surface area contributed by atoms with Crippen LogP contribution in [0.1, 0.15) is 16.2 Å². The number of rotatable bonds is 4. The Kier molecular flexibility index (Phi) is 4.90. The first-order valence-corrected chi connectivity index (χ1v) is 7.83. The molecule has 0 saturated heterocycles. The Bertz CT molecular complexity index is 915. The van der Waals surface area contributed by atoms with E-state index in [0.29, 0.717) is 22.1 Å². The number of anilines is 3. The molecule has 0 radical (unpaired) electrons. The molecule has 3 aromatic rings. The van der Waals surface area contributed by atoms with Crippen LogP contribution in [0.3, 0.4) is 0 Å². The fraction of sp³-hybridized carbons (Fsp3) is 0.0556. The third-order valence-electron chi connectivity index (χ3n) is 3.31. The topological polar surface area (TPSA) is 66.9 Å². The predicted molar refractivity (Wildman–Crippen MR) is 95.9 cm³/mol. The Morgan fingerprint density at radius 1 is 1.08 bits per heavy atom. The summed E-state index contributed by atoms with van der Waals surface area (Å²) in [6, 6.07) is 14.2. The zero-order valence-corrected chi connectivity index (χ0v) is 14.0. The maximum Gasteiger partial charge on any atom is 0.274 e. The summed E-state index contributed by atoms with van der Waals surface area (Å²) in [5, 5.41) is 6.18. The lowest BCUT2D eigenvalue weighted by Crippen LogP contribution is -2.15. The highest BCUT2D eigenvalue weighted by Crippen LogP contribution is 2.23. The molecule has 7 heteroatoms. The number of benzene rings is 2. The van der Waals surface area contributed by atoms with Gasteiger partial charge in [-0.2, -0.15) is 0 Å². The maximum absolute atomic E-state index is 12.9. The second-order valence-electron chi connectivity index (χ2n) is 5.28. The Morgan fingerprint density at radius 2 is 1.80 bits per heavy atom. The molecule has 126 valence electrons. The Morgan fingerprint density at radius 3 is 2.52 bits per heavy atom. The van der Waals surface area contributed by atoms with Crippen molar-refractivity contribution < 1.29 is 9.18 Å². The smallest absolute Gasteiger partial charge is 0.274 e. The SMILES string of the molecule is Cc1cc(C(=O)Nc2ccc(F)cc2)nc(Nc2ccccc2Cl)n1. The lowest BCUT2D eigenvalue weighted by atomic mass is 10.2. The van der Waals surface area contributed by atoms with Gasteiger partial charge >= 0.3 is 0 Å². The molecule has 0 aliphatic carbocycles. The molecule has 0 aliphatic rings. The van der Waals surface area contributed by atoms with Gasteiger partial charge in [-0.3, -0.25) is 4.79 Å². The highest BCUT2D eigenvalue weighted by Gasteiger charge is 2.12. The molecule has 0 fully saturated rings. The minimum atomic E-state index is -0.417. The van der Waals surface area contributed by atoms with E-state index in [9.17, 15) is 9.18 Å². The molecule has 0 saturated carbocycles. The molecule has 1 aromatic heterocycles. The number of aromatic nitrogens is 2. The van der Waals surface area contributed by atoms with Crippen LogP contribution >= 0.6 is 11.6 Å². The number of carbonyl (C=O) groups excluding carboxylic acids is 1. The molecule has 1 heterocycles. The van der Waals surface area contributed by atoms with Gasteiger partial charge in [-0.25, -0.2) is 14.4 Å². The van der Waals surface area contributed by atoms with E-state index in [4.69, 9.17) is 11.6 Å². The Hall–Kier alpha value is -2.99. The molecule has 0 spiro atoms. The van der Waals surface area contributed by atoms with Gasteiger partial charge in [0.1, 0.15) is 11.5 Å². The van der Waals surface area contributed by atoms with Crippen molar-refractivity contribution >= 4 is 34.8 Å². The largest absolute Gasteiger partial charge is 0.323 e. The van der Waals surface area contributed by atoms with Crippen LogP contribution in [0.25, 0.3) is 0 Å². The minimum Gasteiger partial charge on any atom is -0.323 e. The van der Waals surface area contributed by atoms with Crippen molar-refractivity contribution in [3.05, 3.63) is 76.8 Å². The first-order valence-electron chi connectivity index (χ1n) is 7.45. The van der Waals surface area contributed by atoms with Gasteiger partial charge in [0.05, 0.1) is 10.7 Å². The number of halogens is 2. The van der Waals surface area contributed by atoms with Crippen molar-refractivity contribution in [3.63, 3.8) is 0 Å². The number of hydrogen-bond donors (Lipinski definition) is 2.